The van der Waals surface area contributed by atoms with Crippen LogP contribution in [-0.2, 0) is 16.1 Å². The first-order chi connectivity index (χ1) is 12.2. The summed E-state index contributed by atoms with van der Waals surface area (Å²) in [6.45, 7) is 5.81. The van der Waals surface area contributed by atoms with Crippen molar-refractivity contribution < 1.29 is 28.6 Å². The lowest BCUT2D eigenvalue weighted by Gasteiger charge is -2.26. The molecule has 1 aliphatic rings. The summed E-state index contributed by atoms with van der Waals surface area (Å²) in [5.74, 6) is 3.66. The highest BCUT2D eigenvalue weighted by Gasteiger charge is 2.31. The van der Waals surface area contributed by atoms with Gasteiger partial charge in [0.1, 0.15) is 16.9 Å². The highest BCUT2D eigenvalue weighted by atomic mass is 16.6. The minimum atomic E-state index is -1.13. The SMILES string of the molecule is CC(C)(C)OC(=O)N1CCCC1C#CC(=O)NCc1occc1C(=O)O. The third kappa shape index (κ3) is 5.28. The van der Waals surface area contributed by atoms with Gasteiger partial charge in [-0.25, -0.2) is 9.59 Å². The number of aromatic carboxylic acids is 1. The van der Waals surface area contributed by atoms with Crippen LogP contribution in [-0.4, -0.2) is 46.2 Å². The second-order valence-electron chi connectivity index (χ2n) is 6.85. The molecule has 1 aliphatic heterocycles. The van der Waals surface area contributed by atoms with Crippen molar-refractivity contribution >= 4 is 18.0 Å². The van der Waals surface area contributed by atoms with E-state index in [1.54, 1.807) is 20.8 Å². The van der Waals surface area contributed by atoms with Crippen LogP contribution in [0, 0.1) is 11.8 Å². The van der Waals surface area contributed by atoms with Gasteiger partial charge in [-0.1, -0.05) is 5.92 Å². The van der Waals surface area contributed by atoms with E-state index in [-0.39, 0.29) is 23.9 Å². The lowest BCUT2D eigenvalue weighted by Crippen LogP contribution is -2.39. The van der Waals surface area contributed by atoms with E-state index in [1.807, 2.05) is 0 Å². The molecule has 1 saturated heterocycles. The van der Waals surface area contributed by atoms with Crippen molar-refractivity contribution in [3.8, 4) is 11.8 Å². The fourth-order valence-corrected chi connectivity index (χ4v) is 2.48. The fraction of sp³-hybridized carbons (Fsp3) is 0.500. The molecule has 26 heavy (non-hydrogen) atoms. The molecule has 0 radical (unpaired) electrons. The lowest BCUT2D eigenvalue weighted by atomic mass is 10.2. The lowest BCUT2D eigenvalue weighted by molar-refractivity contribution is -0.115. The van der Waals surface area contributed by atoms with Gasteiger partial charge in [0.25, 0.3) is 5.91 Å². The van der Waals surface area contributed by atoms with Gasteiger partial charge in [0.05, 0.1) is 18.8 Å². The molecule has 2 rings (SSSR count). The van der Waals surface area contributed by atoms with Crippen LogP contribution in [0.1, 0.15) is 49.7 Å². The number of carboxylic acid groups (broad SMARTS) is 1. The third-order valence-corrected chi connectivity index (χ3v) is 3.62. The van der Waals surface area contributed by atoms with Crippen LogP contribution in [0.15, 0.2) is 16.7 Å². The quantitative estimate of drug-likeness (QED) is 0.796. The Bertz CT molecular complexity index is 750. The van der Waals surface area contributed by atoms with E-state index in [1.165, 1.54) is 17.2 Å². The number of nitrogens with one attached hydrogen (secondary N) is 1. The molecule has 1 atom stereocenters. The largest absolute Gasteiger partial charge is 0.478 e. The highest BCUT2D eigenvalue weighted by molar-refractivity contribution is 5.94. The Morgan fingerprint density at radius 1 is 1.42 bits per heavy atom. The monoisotopic (exact) mass is 362 g/mol. The van der Waals surface area contributed by atoms with Crippen molar-refractivity contribution in [1.82, 2.24) is 10.2 Å². The number of hydrogen-bond acceptors (Lipinski definition) is 5. The molecule has 0 spiro atoms. The zero-order chi connectivity index (χ0) is 19.3. The number of hydrogen-bond donors (Lipinski definition) is 2. The zero-order valence-corrected chi connectivity index (χ0v) is 15.0. The molecule has 1 fully saturated rings. The van der Waals surface area contributed by atoms with Crippen LogP contribution in [0.3, 0.4) is 0 Å². The Balaban J connectivity index is 1.92. The van der Waals surface area contributed by atoms with Gasteiger partial charge < -0.3 is 19.6 Å². The number of rotatable bonds is 3. The van der Waals surface area contributed by atoms with Crippen molar-refractivity contribution in [3.05, 3.63) is 23.7 Å². The topological polar surface area (TPSA) is 109 Å². The summed E-state index contributed by atoms with van der Waals surface area (Å²) < 4.78 is 10.4. The molecule has 2 amide bonds. The number of nitrogens with zero attached hydrogens (tertiary/aromatic N) is 1. The summed E-state index contributed by atoms with van der Waals surface area (Å²) in [5, 5.41) is 11.5. The standard InChI is InChI=1S/C18H22N2O6/c1-18(2,3)26-17(24)20-9-4-5-12(20)6-7-15(21)19-11-14-13(16(22)23)8-10-25-14/h8,10,12H,4-5,9,11H2,1-3H3,(H,19,21)(H,22,23). The van der Waals surface area contributed by atoms with Crippen LogP contribution < -0.4 is 5.32 Å². The van der Waals surface area contributed by atoms with E-state index in [9.17, 15) is 14.4 Å². The van der Waals surface area contributed by atoms with Gasteiger partial charge in [0, 0.05) is 6.54 Å². The Morgan fingerprint density at radius 2 is 2.15 bits per heavy atom. The van der Waals surface area contributed by atoms with Gasteiger partial charge in [-0.15, -0.1) is 0 Å². The van der Waals surface area contributed by atoms with Crippen LogP contribution in [0.2, 0.25) is 0 Å². The summed E-state index contributed by atoms with van der Waals surface area (Å²) >= 11 is 0. The molecule has 1 aromatic heterocycles. The maximum atomic E-state index is 12.2. The Kier molecular flexibility index (Phi) is 5.93. The van der Waals surface area contributed by atoms with Crippen molar-refractivity contribution in [2.45, 2.75) is 51.8 Å². The fourth-order valence-electron chi connectivity index (χ4n) is 2.48. The summed E-state index contributed by atoms with van der Waals surface area (Å²) in [4.78, 5) is 36.5. The van der Waals surface area contributed by atoms with Crippen molar-refractivity contribution in [2.24, 2.45) is 0 Å². The maximum Gasteiger partial charge on any atom is 0.411 e. The Morgan fingerprint density at radius 3 is 2.81 bits per heavy atom. The van der Waals surface area contributed by atoms with Crippen molar-refractivity contribution in [3.63, 3.8) is 0 Å². The van der Waals surface area contributed by atoms with Gasteiger partial charge >= 0.3 is 12.1 Å². The molecule has 0 aromatic carbocycles. The van der Waals surface area contributed by atoms with Crippen LogP contribution in [0.4, 0.5) is 4.79 Å². The number of likely N-dealkylation sites (tertiary alicyclic amines) is 1. The molecule has 140 valence electrons. The summed E-state index contributed by atoms with van der Waals surface area (Å²) in [7, 11) is 0. The van der Waals surface area contributed by atoms with E-state index in [2.05, 4.69) is 17.2 Å². The van der Waals surface area contributed by atoms with E-state index in [4.69, 9.17) is 14.3 Å². The van der Waals surface area contributed by atoms with Gasteiger partial charge in [-0.3, -0.25) is 9.69 Å². The summed E-state index contributed by atoms with van der Waals surface area (Å²) in [6, 6.07) is 0.931. The van der Waals surface area contributed by atoms with E-state index in [0.717, 1.165) is 6.42 Å². The smallest absolute Gasteiger partial charge is 0.411 e. The van der Waals surface area contributed by atoms with Gasteiger partial charge in [-0.2, -0.15) is 0 Å². The molecule has 0 bridgehead atoms. The zero-order valence-electron chi connectivity index (χ0n) is 15.0. The van der Waals surface area contributed by atoms with Gasteiger partial charge in [0.2, 0.25) is 0 Å². The van der Waals surface area contributed by atoms with Crippen LogP contribution in [0.25, 0.3) is 0 Å². The normalized spacial score (nSPS) is 16.6. The van der Waals surface area contributed by atoms with E-state index >= 15 is 0 Å². The molecule has 8 heteroatoms. The molecule has 0 saturated carbocycles. The number of furan rings is 1. The Labute approximate surface area is 151 Å². The van der Waals surface area contributed by atoms with Crippen molar-refractivity contribution in [2.75, 3.05) is 6.54 Å². The van der Waals surface area contributed by atoms with Crippen molar-refractivity contribution in [1.29, 1.82) is 0 Å². The summed E-state index contributed by atoms with van der Waals surface area (Å²) in [5.41, 5.74) is -0.606. The average Bonchev–Trinajstić information content (AvgIpc) is 3.18. The molecule has 1 aromatic rings. The predicted molar refractivity (Wildman–Crippen MR) is 91.3 cm³/mol. The van der Waals surface area contributed by atoms with Gasteiger partial charge in [0.15, 0.2) is 0 Å². The number of carbonyl (C=O) groups excluding carboxylic acids is 2. The van der Waals surface area contributed by atoms with Gasteiger partial charge in [-0.05, 0) is 45.6 Å². The molecule has 8 nitrogen and oxygen atoms in total. The third-order valence-electron chi connectivity index (χ3n) is 3.62. The average molecular weight is 362 g/mol. The van der Waals surface area contributed by atoms with Crippen LogP contribution >= 0.6 is 0 Å². The van der Waals surface area contributed by atoms with E-state index < -0.39 is 23.6 Å². The van der Waals surface area contributed by atoms with Crippen LogP contribution in [0.5, 0.6) is 0 Å². The first-order valence-corrected chi connectivity index (χ1v) is 8.26. The molecule has 0 aliphatic carbocycles. The molecular weight excluding hydrogens is 340 g/mol. The molecular formula is C18H22N2O6. The Hall–Kier alpha value is -2.95. The first kappa shape index (κ1) is 19.4. The molecule has 2 heterocycles. The predicted octanol–water partition coefficient (Wildman–Crippen LogP) is 2.00. The number of carboxylic acids is 1. The number of ether oxygens (including phenoxy) is 1. The second-order valence-corrected chi connectivity index (χ2v) is 6.85. The number of amides is 2. The van der Waals surface area contributed by atoms with E-state index in [0.29, 0.717) is 13.0 Å². The summed E-state index contributed by atoms with van der Waals surface area (Å²) in [6.07, 6.45) is 2.25. The molecule has 2 N–H and O–H groups in total. The maximum absolute atomic E-state index is 12.2. The minimum absolute atomic E-state index is 0.00912. The number of carbonyl (C=O) groups is 3. The highest BCUT2D eigenvalue weighted by Crippen LogP contribution is 2.20. The molecule has 1 unspecified atom stereocenters. The second kappa shape index (κ2) is 7.95. The minimum Gasteiger partial charge on any atom is -0.478 e. The first-order valence-electron chi connectivity index (χ1n) is 8.26.